The zero-order chi connectivity index (χ0) is 42.6. The molecule has 0 N–H and O–H groups in total. The van der Waals surface area contributed by atoms with Crippen molar-refractivity contribution in [1.29, 1.82) is 0 Å². The molecule has 0 aromatic heterocycles. The second-order valence-electron chi connectivity index (χ2n) is 18.0. The van der Waals surface area contributed by atoms with Crippen LogP contribution in [-0.2, 0) is 10.8 Å². The molecule has 2 heteroatoms. The second kappa shape index (κ2) is 13.8. The maximum atomic E-state index is 2.55. The quantitative estimate of drug-likeness (QED) is 0.165. The van der Waals surface area contributed by atoms with Gasteiger partial charge in [-0.25, -0.2) is 0 Å². The summed E-state index contributed by atoms with van der Waals surface area (Å²) in [5, 5.41) is 2.48. The molecule has 10 aromatic carbocycles. The largest absolute Gasteiger partial charge is 0.310 e. The van der Waals surface area contributed by atoms with Crippen molar-refractivity contribution < 1.29 is 0 Å². The first-order chi connectivity index (χ1) is 31.5. The van der Waals surface area contributed by atoms with Crippen molar-refractivity contribution in [2.24, 2.45) is 0 Å². The first kappa shape index (κ1) is 36.7. The van der Waals surface area contributed by atoms with Crippen LogP contribution in [0.25, 0.3) is 44.2 Å². The van der Waals surface area contributed by atoms with Gasteiger partial charge in [0.05, 0.1) is 16.8 Å². The number of nitrogens with zero attached hydrogens (tertiary/aromatic N) is 2. The standard InChI is InChI=1S/C62H44N2/c1-61(2)51-32-17-14-29-47(51)50-40-45(37-38-52(50)61)64(44-26-10-5-11-27-44)57-39-41-21-12-13-28-46(41)58-48-30-15-18-33-53(48)62(60(57)58)54-34-19-16-31-49(54)59-55(62)35-20-36-56(59)63(42-22-6-3-7-23-42)43-24-8-4-9-25-43/h3-40H,1-2H3. The molecule has 3 aliphatic rings. The van der Waals surface area contributed by atoms with Crippen molar-refractivity contribution in [3.63, 3.8) is 0 Å². The van der Waals surface area contributed by atoms with Crippen molar-refractivity contribution in [3.8, 4) is 33.4 Å². The highest BCUT2D eigenvalue weighted by Crippen LogP contribution is 2.68. The summed E-state index contributed by atoms with van der Waals surface area (Å²) >= 11 is 0. The fourth-order valence-corrected chi connectivity index (χ4v) is 11.8. The number of para-hydroxylation sites is 3. The summed E-state index contributed by atoms with van der Waals surface area (Å²) in [7, 11) is 0. The molecular weight excluding hydrogens is 773 g/mol. The van der Waals surface area contributed by atoms with Crippen LogP contribution < -0.4 is 9.80 Å². The van der Waals surface area contributed by atoms with Gasteiger partial charge in [0.2, 0.25) is 0 Å². The molecule has 0 bridgehead atoms. The Bertz CT molecular complexity index is 3440. The molecule has 13 rings (SSSR count). The van der Waals surface area contributed by atoms with Gasteiger partial charge in [-0.05, 0) is 127 Å². The minimum atomic E-state index is -0.648. The molecule has 2 nitrogen and oxygen atoms in total. The SMILES string of the molecule is CC1(C)c2ccccc2-c2cc(N(c3ccccc3)c3cc4ccccc4c4c3C3(c5ccccc5-c5c(N(c6ccccc6)c6ccccc6)cccc53)c3ccccc3-4)ccc21. The lowest BCUT2D eigenvalue weighted by molar-refractivity contribution is 0.660. The third-order valence-electron chi connectivity index (χ3n) is 14.4. The summed E-state index contributed by atoms with van der Waals surface area (Å²) in [5.41, 5.74) is 21.8. The van der Waals surface area contributed by atoms with Crippen molar-refractivity contribution in [2.45, 2.75) is 24.7 Å². The molecule has 64 heavy (non-hydrogen) atoms. The summed E-state index contributed by atoms with van der Waals surface area (Å²) in [6.07, 6.45) is 0. The van der Waals surface area contributed by atoms with Crippen LogP contribution in [0, 0.1) is 0 Å². The first-order valence-electron chi connectivity index (χ1n) is 22.4. The van der Waals surface area contributed by atoms with E-state index in [1.807, 2.05) is 0 Å². The van der Waals surface area contributed by atoms with Gasteiger partial charge in [-0.3, -0.25) is 0 Å². The zero-order valence-electron chi connectivity index (χ0n) is 35.8. The highest BCUT2D eigenvalue weighted by atomic mass is 15.2. The smallest absolute Gasteiger partial charge is 0.0747 e. The summed E-state index contributed by atoms with van der Waals surface area (Å²) in [6.45, 7) is 4.73. The number of benzene rings is 10. The average molecular weight is 817 g/mol. The van der Waals surface area contributed by atoms with E-state index in [2.05, 4.69) is 254 Å². The lowest BCUT2D eigenvalue weighted by Crippen LogP contribution is -2.28. The fraction of sp³-hybridized carbons (Fsp3) is 0.0645. The van der Waals surface area contributed by atoms with E-state index in [0.29, 0.717) is 0 Å². The molecule has 0 aliphatic heterocycles. The summed E-state index contributed by atoms with van der Waals surface area (Å²) in [6, 6.07) is 85.8. The van der Waals surface area contributed by atoms with Gasteiger partial charge >= 0.3 is 0 Å². The van der Waals surface area contributed by atoms with Crippen LogP contribution in [-0.4, -0.2) is 0 Å². The molecule has 0 saturated carbocycles. The summed E-state index contributed by atoms with van der Waals surface area (Å²) in [4.78, 5) is 5.00. The van der Waals surface area contributed by atoms with Gasteiger partial charge in [-0.1, -0.05) is 184 Å². The zero-order valence-corrected chi connectivity index (χ0v) is 35.8. The molecule has 1 spiro atoms. The van der Waals surface area contributed by atoms with E-state index in [4.69, 9.17) is 0 Å². The lowest BCUT2D eigenvalue weighted by atomic mass is 9.69. The Morgan fingerprint density at radius 2 is 0.797 bits per heavy atom. The van der Waals surface area contributed by atoms with Gasteiger partial charge in [0.15, 0.2) is 0 Å². The van der Waals surface area contributed by atoms with Gasteiger partial charge < -0.3 is 9.80 Å². The first-order valence-corrected chi connectivity index (χ1v) is 22.4. The second-order valence-corrected chi connectivity index (χ2v) is 18.0. The third-order valence-corrected chi connectivity index (χ3v) is 14.4. The Balaban J connectivity index is 1.17. The van der Waals surface area contributed by atoms with Gasteiger partial charge in [-0.2, -0.15) is 0 Å². The van der Waals surface area contributed by atoms with E-state index < -0.39 is 5.41 Å². The van der Waals surface area contributed by atoms with Crippen molar-refractivity contribution in [2.75, 3.05) is 9.80 Å². The topological polar surface area (TPSA) is 6.48 Å². The van der Waals surface area contributed by atoms with E-state index >= 15 is 0 Å². The highest BCUT2D eigenvalue weighted by molar-refractivity contribution is 6.11. The Labute approximate surface area is 375 Å². The summed E-state index contributed by atoms with van der Waals surface area (Å²) in [5.74, 6) is 0. The molecule has 1 atom stereocenters. The normalized spacial score (nSPS) is 15.5. The molecule has 1 unspecified atom stereocenters. The summed E-state index contributed by atoms with van der Waals surface area (Å²) < 4.78 is 0. The molecule has 0 fully saturated rings. The van der Waals surface area contributed by atoms with E-state index in [1.165, 1.54) is 83.2 Å². The minimum Gasteiger partial charge on any atom is -0.310 e. The van der Waals surface area contributed by atoms with E-state index in [1.54, 1.807) is 0 Å². The van der Waals surface area contributed by atoms with E-state index in [9.17, 15) is 0 Å². The van der Waals surface area contributed by atoms with Crippen LogP contribution in [0.4, 0.5) is 34.1 Å². The van der Waals surface area contributed by atoms with Gasteiger partial charge in [-0.15, -0.1) is 0 Å². The number of fused-ring (bicyclic) bond motifs is 15. The van der Waals surface area contributed by atoms with E-state index in [-0.39, 0.29) is 5.41 Å². The molecule has 0 heterocycles. The van der Waals surface area contributed by atoms with Crippen LogP contribution >= 0.6 is 0 Å². The van der Waals surface area contributed by atoms with E-state index in [0.717, 1.165) is 28.4 Å². The predicted molar refractivity (Wildman–Crippen MR) is 267 cm³/mol. The Hall–Kier alpha value is -7.94. The molecule has 3 aliphatic carbocycles. The number of hydrogen-bond acceptors (Lipinski definition) is 2. The van der Waals surface area contributed by atoms with Crippen LogP contribution in [0.5, 0.6) is 0 Å². The van der Waals surface area contributed by atoms with Gasteiger partial charge in [0, 0.05) is 39.3 Å². The number of anilines is 6. The Morgan fingerprint density at radius 3 is 1.44 bits per heavy atom. The Kier molecular flexibility index (Phi) is 7.90. The number of hydrogen-bond donors (Lipinski definition) is 0. The Morgan fingerprint density at radius 1 is 0.312 bits per heavy atom. The van der Waals surface area contributed by atoms with Crippen LogP contribution in [0.2, 0.25) is 0 Å². The predicted octanol–water partition coefficient (Wildman–Crippen LogP) is 16.4. The molecule has 0 amide bonds. The van der Waals surface area contributed by atoms with Gasteiger partial charge in [0.1, 0.15) is 0 Å². The monoisotopic (exact) mass is 816 g/mol. The molecule has 10 aromatic rings. The van der Waals surface area contributed by atoms with Crippen molar-refractivity contribution in [1.82, 2.24) is 0 Å². The minimum absolute atomic E-state index is 0.0969. The number of rotatable bonds is 6. The van der Waals surface area contributed by atoms with Gasteiger partial charge in [0.25, 0.3) is 0 Å². The maximum absolute atomic E-state index is 2.55. The molecular formula is C62H44N2. The van der Waals surface area contributed by atoms with Crippen LogP contribution in [0.15, 0.2) is 231 Å². The third kappa shape index (κ3) is 4.97. The van der Waals surface area contributed by atoms with Crippen LogP contribution in [0.1, 0.15) is 47.2 Å². The van der Waals surface area contributed by atoms with Crippen molar-refractivity contribution >= 4 is 44.9 Å². The molecule has 0 saturated heterocycles. The lowest BCUT2D eigenvalue weighted by Gasteiger charge is -2.36. The van der Waals surface area contributed by atoms with Crippen LogP contribution in [0.3, 0.4) is 0 Å². The maximum Gasteiger partial charge on any atom is 0.0747 e. The fourth-order valence-electron chi connectivity index (χ4n) is 11.8. The molecule has 0 radical (unpaired) electrons. The average Bonchev–Trinajstić information content (AvgIpc) is 3.92. The molecule has 302 valence electrons. The highest BCUT2D eigenvalue weighted by Gasteiger charge is 2.55. The van der Waals surface area contributed by atoms with Crippen molar-refractivity contribution in [3.05, 3.63) is 264 Å².